The zero-order valence-corrected chi connectivity index (χ0v) is 14.3. The molecule has 1 atom stereocenters. The summed E-state index contributed by atoms with van der Waals surface area (Å²) in [6.07, 6.45) is -11.4. The van der Waals surface area contributed by atoms with Gasteiger partial charge in [0.15, 0.2) is 11.5 Å². The second-order valence-electron chi connectivity index (χ2n) is 5.19. The molecule has 1 unspecified atom stereocenters. The summed E-state index contributed by atoms with van der Waals surface area (Å²) in [5.74, 6) is -2.62. The van der Waals surface area contributed by atoms with Crippen molar-refractivity contribution < 1.29 is 42.6 Å². The van der Waals surface area contributed by atoms with E-state index < -0.39 is 99.3 Å². The largest absolute Gasteiger partial charge is 0.493 e. The zero-order chi connectivity index (χ0) is 33.7. The Morgan fingerprint density at radius 3 is 2.73 bits per heavy atom. The molecule has 2 rings (SSSR count). The molecule has 0 saturated heterocycles. The molecule has 0 aliphatic carbocycles. The molecular weight excluding hydrogens is 328 g/mol. The molecule has 26 heavy (non-hydrogen) atoms. The van der Waals surface area contributed by atoms with Crippen molar-refractivity contribution in [2.45, 2.75) is 45.5 Å². The Labute approximate surface area is 180 Å². The number of hydrogen-bond acceptors (Lipinski definition) is 4. The van der Waals surface area contributed by atoms with E-state index >= 15 is 0 Å². The van der Waals surface area contributed by atoms with E-state index in [-0.39, 0.29) is 17.6 Å². The maximum atomic E-state index is 10.7. The van der Waals surface area contributed by atoms with Crippen molar-refractivity contribution in [2.75, 3.05) is 20.7 Å². The van der Waals surface area contributed by atoms with Crippen molar-refractivity contribution in [3.05, 3.63) is 52.9 Å². The van der Waals surface area contributed by atoms with Gasteiger partial charge in [0.1, 0.15) is 12.4 Å². The van der Waals surface area contributed by atoms with Gasteiger partial charge in [-0.2, -0.15) is 0 Å². The van der Waals surface area contributed by atoms with Gasteiger partial charge in [0.2, 0.25) is 0 Å². The predicted molar refractivity (Wildman–Crippen MR) is 105 cm³/mol. The first kappa shape index (κ1) is 7.08. The third kappa shape index (κ3) is 5.95. The number of rotatable bonds is 10. The van der Waals surface area contributed by atoms with Crippen LogP contribution in [-0.2, 0) is 6.42 Å². The Kier molecular flexibility index (Phi) is 2.74. The van der Waals surface area contributed by atoms with Gasteiger partial charge < -0.3 is 19.3 Å². The Morgan fingerprint density at radius 1 is 1.12 bits per heavy atom. The van der Waals surface area contributed by atoms with Gasteiger partial charge in [-0.1, -0.05) is 18.5 Å². The first-order valence-corrected chi connectivity index (χ1v) is 7.55. The summed E-state index contributed by atoms with van der Waals surface area (Å²) < 4.78 is 148. The van der Waals surface area contributed by atoms with Crippen molar-refractivity contribution in [1.82, 2.24) is 0 Å². The number of aliphatic hydroxyl groups is 1. The lowest BCUT2D eigenvalue weighted by Gasteiger charge is -2.13. The molecule has 0 bridgehead atoms. The molecule has 0 amide bonds. The lowest BCUT2D eigenvalue weighted by molar-refractivity contribution is 0.0976. The minimum atomic E-state index is -3.28. The van der Waals surface area contributed by atoms with Crippen LogP contribution in [0.2, 0.25) is 0 Å². The summed E-state index contributed by atoms with van der Waals surface area (Å²) in [6, 6.07) is -4.09. The number of methoxy groups -OCH3 is 2. The van der Waals surface area contributed by atoms with Crippen LogP contribution in [0.5, 0.6) is 17.2 Å². The SMILES string of the molecule is [2H]c1c([2H])c(OCC([2H])(O)C([2H])([2H])CC([2H])([2H])Cc2c([2H])c([2H])c(OC([2H])([2H])[2H])c(OC([2H])([2H])[2H])c2[2H])c([2H])c(C)c1C. The van der Waals surface area contributed by atoms with E-state index in [1.807, 2.05) is 0 Å². The third-order valence-corrected chi connectivity index (χ3v) is 3.30. The fraction of sp³-hybridized carbons (Fsp3) is 0.455. The van der Waals surface area contributed by atoms with Gasteiger partial charge >= 0.3 is 0 Å². The van der Waals surface area contributed by atoms with Crippen LogP contribution in [0.3, 0.4) is 0 Å². The summed E-state index contributed by atoms with van der Waals surface area (Å²) in [5, 5.41) is 10.7. The van der Waals surface area contributed by atoms with E-state index in [0.29, 0.717) is 5.56 Å². The second kappa shape index (κ2) is 10.1. The van der Waals surface area contributed by atoms with E-state index in [1.54, 1.807) is 0 Å². The second-order valence-corrected chi connectivity index (χ2v) is 5.19. The smallest absolute Gasteiger partial charge is 0.160 e. The topological polar surface area (TPSA) is 47.9 Å². The highest BCUT2D eigenvalue weighted by molar-refractivity contribution is 5.42. The molecule has 4 nitrogen and oxygen atoms in total. The monoisotopic (exact) mass is 375 g/mol. The summed E-state index contributed by atoms with van der Waals surface area (Å²) in [5.41, 5.74) is -0.0496. The van der Waals surface area contributed by atoms with E-state index in [2.05, 4.69) is 9.47 Å². The first-order valence-electron chi connectivity index (χ1n) is 16.1. The lowest BCUT2D eigenvalue weighted by Crippen LogP contribution is -2.17. The van der Waals surface area contributed by atoms with Gasteiger partial charge in [-0.25, -0.2) is 0 Å². The van der Waals surface area contributed by atoms with Gasteiger partial charge in [-0.3, -0.25) is 0 Å². The average molecular weight is 376 g/mol. The highest BCUT2D eigenvalue weighted by Crippen LogP contribution is 2.28. The molecule has 0 spiro atoms. The minimum absolute atomic E-state index is 0.278. The Morgan fingerprint density at radius 2 is 1.92 bits per heavy atom. The van der Waals surface area contributed by atoms with E-state index in [9.17, 15) is 5.11 Å². The van der Waals surface area contributed by atoms with Crippen LogP contribution in [-0.4, -0.2) is 31.9 Å². The Hall–Kier alpha value is -2.20. The molecule has 0 aliphatic heterocycles. The van der Waals surface area contributed by atoms with Crippen molar-refractivity contribution in [3.63, 3.8) is 0 Å². The summed E-state index contributed by atoms with van der Waals surface area (Å²) in [6.45, 7) is 1.82. The number of hydrogen-bond donors (Lipinski definition) is 1. The normalized spacial score (nSPS) is 24.7. The van der Waals surface area contributed by atoms with Crippen LogP contribution in [0.25, 0.3) is 0 Å². The van der Waals surface area contributed by atoms with Gasteiger partial charge in [-0.05, 0) is 73.9 Å². The molecule has 2 aromatic rings. The highest BCUT2D eigenvalue weighted by Gasteiger charge is 2.07. The van der Waals surface area contributed by atoms with Gasteiger partial charge in [0, 0.05) is 5.48 Å². The highest BCUT2D eigenvalue weighted by atomic mass is 16.5. The van der Waals surface area contributed by atoms with Crippen molar-refractivity contribution in [2.24, 2.45) is 0 Å². The van der Waals surface area contributed by atoms with Crippen LogP contribution in [0.15, 0.2) is 36.3 Å². The van der Waals surface area contributed by atoms with Gasteiger partial charge in [0.05, 0.1) is 38.0 Å². The molecule has 142 valence electrons. The van der Waals surface area contributed by atoms with E-state index in [1.165, 1.54) is 13.8 Å². The number of benzene rings is 2. The summed E-state index contributed by atoms with van der Waals surface area (Å²) in [7, 11) is -6.52. The maximum absolute atomic E-state index is 10.7. The molecule has 0 aliphatic rings. The molecule has 0 aromatic heterocycles. The summed E-state index contributed by atoms with van der Waals surface area (Å²) >= 11 is 0. The predicted octanol–water partition coefficient (Wildman–Crippen LogP) is 4.47. The Bertz CT molecular complexity index is 1340. The summed E-state index contributed by atoms with van der Waals surface area (Å²) in [4.78, 5) is 0. The fourth-order valence-electron chi connectivity index (χ4n) is 1.80. The Balaban J connectivity index is 2.44. The van der Waals surface area contributed by atoms with Crippen LogP contribution in [0.1, 0.15) is 59.2 Å². The van der Waals surface area contributed by atoms with E-state index in [4.69, 9.17) is 28.0 Å². The molecule has 2 aromatic carbocycles. The van der Waals surface area contributed by atoms with E-state index in [0.717, 1.165) is 0 Å². The number of ether oxygens (including phenoxy) is 3. The lowest BCUT2D eigenvalue weighted by atomic mass is 10.0. The fourth-order valence-corrected chi connectivity index (χ4v) is 1.80. The molecule has 0 saturated carbocycles. The molecular formula is C22H30O4. The van der Waals surface area contributed by atoms with Gasteiger partial charge in [-0.15, -0.1) is 0 Å². The molecule has 0 heterocycles. The van der Waals surface area contributed by atoms with Crippen molar-refractivity contribution in [3.8, 4) is 17.2 Å². The molecule has 0 radical (unpaired) electrons. The van der Waals surface area contributed by atoms with Crippen molar-refractivity contribution in [1.29, 1.82) is 0 Å². The zero-order valence-electron chi connectivity index (χ0n) is 31.3. The maximum Gasteiger partial charge on any atom is 0.160 e. The van der Waals surface area contributed by atoms with Crippen molar-refractivity contribution >= 4 is 0 Å². The quantitative estimate of drug-likeness (QED) is 0.665. The standard InChI is InChI=1S/C22H30O4/c1-16-9-11-20(13-17(16)2)26-15-19(23)8-6-5-7-18-10-12-21(24-3)22(14-18)25-4/h9-14,19,23H,5-8,15H2,1-4H3/i3D3,4D3,5D2,8D2,9D,10D,11D,12D,13D,14D,19D. The molecule has 1 N–H and O–H groups in total. The van der Waals surface area contributed by atoms with Crippen LogP contribution in [0, 0.1) is 13.8 Å². The van der Waals surface area contributed by atoms with Crippen LogP contribution in [0.4, 0.5) is 0 Å². The average Bonchev–Trinajstić information content (AvgIpc) is 2.82. The third-order valence-electron chi connectivity index (χ3n) is 3.30. The van der Waals surface area contributed by atoms with Crippen LogP contribution >= 0.6 is 0 Å². The minimum Gasteiger partial charge on any atom is -0.493 e. The molecule has 0 fully saturated rings. The molecule has 4 heteroatoms. The van der Waals surface area contributed by atoms with Gasteiger partial charge in [0.25, 0.3) is 0 Å². The first-order chi connectivity index (χ1) is 19.1. The van der Waals surface area contributed by atoms with Crippen LogP contribution < -0.4 is 14.2 Å².